The maximum absolute atomic E-state index is 12.1. The number of rotatable bonds is 7. The van der Waals surface area contributed by atoms with Crippen molar-refractivity contribution in [2.75, 3.05) is 0 Å². The fourth-order valence-electron chi connectivity index (χ4n) is 2.97. The van der Waals surface area contributed by atoms with Crippen LogP contribution in [0.4, 0.5) is 0 Å². The van der Waals surface area contributed by atoms with E-state index in [-0.39, 0.29) is 18.5 Å². The molecule has 0 aromatic heterocycles. The van der Waals surface area contributed by atoms with Gasteiger partial charge >= 0.3 is 11.9 Å². The third-order valence-corrected chi connectivity index (χ3v) is 4.33. The number of ether oxygens (including phenoxy) is 1. The topological polar surface area (TPSA) is 63.6 Å². The molecule has 21 heavy (non-hydrogen) atoms. The summed E-state index contributed by atoms with van der Waals surface area (Å²) in [5.41, 5.74) is -0.456. The van der Waals surface area contributed by atoms with Gasteiger partial charge in [-0.25, -0.2) is 0 Å². The van der Waals surface area contributed by atoms with E-state index in [4.69, 9.17) is 4.74 Å². The highest BCUT2D eigenvalue weighted by Crippen LogP contribution is 2.34. The van der Waals surface area contributed by atoms with Crippen molar-refractivity contribution in [2.45, 2.75) is 65.4 Å². The predicted molar refractivity (Wildman–Crippen MR) is 81.8 cm³/mol. The lowest BCUT2D eigenvalue weighted by Gasteiger charge is -2.27. The Bertz CT molecular complexity index is 381. The second kappa shape index (κ2) is 7.62. The molecule has 1 N–H and O–H groups in total. The quantitative estimate of drug-likeness (QED) is 0.573. The number of carbonyl (C=O) groups is 2. The highest BCUT2D eigenvalue weighted by molar-refractivity contribution is 5.79. The van der Waals surface area contributed by atoms with Crippen molar-refractivity contribution in [1.29, 1.82) is 0 Å². The van der Waals surface area contributed by atoms with Gasteiger partial charge < -0.3 is 9.84 Å². The average Bonchev–Trinajstić information content (AvgIpc) is 2.79. The van der Waals surface area contributed by atoms with Crippen LogP contribution in [0.25, 0.3) is 0 Å². The highest BCUT2D eigenvalue weighted by atomic mass is 16.5. The van der Waals surface area contributed by atoms with Crippen LogP contribution in [0.15, 0.2) is 12.7 Å². The zero-order valence-electron chi connectivity index (χ0n) is 13.4. The smallest absolute Gasteiger partial charge is 0.307 e. The summed E-state index contributed by atoms with van der Waals surface area (Å²) < 4.78 is 5.56. The molecule has 0 aliphatic heterocycles. The van der Waals surface area contributed by atoms with Crippen LogP contribution >= 0.6 is 0 Å². The van der Waals surface area contributed by atoms with Crippen LogP contribution in [0.3, 0.4) is 0 Å². The van der Waals surface area contributed by atoms with Crippen LogP contribution in [-0.4, -0.2) is 23.1 Å². The molecule has 1 fully saturated rings. The maximum Gasteiger partial charge on any atom is 0.307 e. The molecule has 1 rings (SSSR count). The van der Waals surface area contributed by atoms with Gasteiger partial charge in [-0.1, -0.05) is 26.8 Å². The minimum atomic E-state index is -0.936. The molecule has 1 aliphatic rings. The molecule has 0 amide bonds. The van der Waals surface area contributed by atoms with E-state index in [0.717, 1.165) is 32.1 Å². The molecule has 3 atom stereocenters. The van der Waals surface area contributed by atoms with Crippen LogP contribution in [0.2, 0.25) is 0 Å². The second-order valence-corrected chi connectivity index (χ2v) is 7.05. The number of carboxylic acid groups (broad SMARTS) is 1. The highest BCUT2D eigenvalue weighted by Gasteiger charge is 2.36. The summed E-state index contributed by atoms with van der Waals surface area (Å²) in [5.74, 6) is -1.63. The minimum absolute atomic E-state index is 0.0492. The summed E-state index contributed by atoms with van der Waals surface area (Å²) in [6, 6.07) is 0. The fraction of sp³-hybridized carbons (Fsp3) is 0.765. The number of carboxylic acids is 1. The maximum atomic E-state index is 12.1. The van der Waals surface area contributed by atoms with Crippen molar-refractivity contribution >= 4 is 11.9 Å². The fourth-order valence-corrected chi connectivity index (χ4v) is 2.97. The summed E-state index contributed by atoms with van der Waals surface area (Å²) in [6.45, 7) is 9.22. The molecule has 0 aromatic rings. The number of aliphatic carboxylic acids is 1. The second-order valence-electron chi connectivity index (χ2n) is 7.05. The number of hydrogen-bond donors (Lipinski definition) is 1. The molecule has 120 valence electrons. The Morgan fingerprint density at radius 2 is 2.05 bits per heavy atom. The lowest BCUT2D eigenvalue weighted by atomic mass is 9.79. The van der Waals surface area contributed by atoms with Gasteiger partial charge in [0, 0.05) is 0 Å². The van der Waals surface area contributed by atoms with E-state index in [0.29, 0.717) is 5.92 Å². The van der Waals surface area contributed by atoms with Gasteiger partial charge in [-0.3, -0.25) is 9.59 Å². The zero-order valence-corrected chi connectivity index (χ0v) is 13.4. The van der Waals surface area contributed by atoms with E-state index in [1.807, 2.05) is 26.8 Å². The molecule has 4 heteroatoms. The van der Waals surface area contributed by atoms with E-state index in [1.165, 1.54) is 0 Å². The number of carbonyl (C=O) groups excluding carboxylic acids is 1. The molecule has 0 saturated heterocycles. The number of allylic oxidation sites excluding steroid dienone is 1. The van der Waals surface area contributed by atoms with Gasteiger partial charge in [-0.15, -0.1) is 6.58 Å². The largest absolute Gasteiger partial charge is 0.481 e. The Morgan fingerprint density at radius 1 is 1.38 bits per heavy atom. The molecule has 0 heterocycles. The van der Waals surface area contributed by atoms with Crippen LogP contribution < -0.4 is 0 Å². The first-order valence-corrected chi connectivity index (χ1v) is 7.79. The van der Waals surface area contributed by atoms with Crippen molar-refractivity contribution in [3.63, 3.8) is 0 Å². The Morgan fingerprint density at radius 3 is 2.57 bits per heavy atom. The lowest BCUT2D eigenvalue weighted by Crippen LogP contribution is -2.32. The van der Waals surface area contributed by atoms with Gasteiger partial charge in [-0.2, -0.15) is 0 Å². The molecule has 2 unspecified atom stereocenters. The third-order valence-electron chi connectivity index (χ3n) is 4.33. The van der Waals surface area contributed by atoms with Crippen molar-refractivity contribution in [1.82, 2.24) is 0 Å². The van der Waals surface area contributed by atoms with E-state index in [9.17, 15) is 14.7 Å². The lowest BCUT2D eigenvalue weighted by molar-refractivity contribution is -0.159. The van der Waals surface area contributed by atoms with Gasteiger partial charge in [0.15, 0.2) is 0 Å². The van der Waals surface area contributed by atoms with Gasteiger partial charge in [0.05, 0.1) is 12.3 Å². The Hall–Kier alpha value is -1.32. The van der Waals surface area contributed by atoms with Crippen molar-refractivity contribution in [2.24, 2.45) is 17.3 Å². The van der Waals surface area contributed by atoms with Crippen LogP contribution in [0, 0.1) is 17.3 Å². The van der Waals surface area contributed by atoms with Gasteiger partial charge in [0.25, 0.3) is 0 Å². The average molecular weight is 296 g/mol. The standard InChI is InChI=1S/C17H28O4/c1-5-6-8-12-9-7-10-14(12)21-15(18)11-13(16(19)20)17(2,3)4/h5,12-14H,1,6-11H2,2-4H3,(H,19,20)/t12?,13-,14?/m1/s1. The third kappa shape index (κ3) is 5.52. The molecule has 0 aromatic carbocycles. The predicted octanol–water partition coefficient (Wildman–Crippen LogP) is 3.80. The number of esters is 1. The summed E-state index contributed by atoms with van der Waals surface area (Å²) in [6.07, 6.45) is 6.74. The first kappa shape index (κ1) is 17.7. The summed E-state index contributed by atoms with van der Waals surface area (Å²) >= 11 is 0. The minimum Gasteiger partial charge on any atom is -0.481 e. The van der Waals surface area contributed by atoms with Crippen LogP contribution in [0.1, 0.15) is 59.3 Å². The van der Waals surface area contributed by atoms with Crippen LogP contribution in [0.5, 0.6) is 0 Å². The van der Waals surface area contributed by atoms with E-state index in [1.54, 1.807) is 0 Å². The van der Waals surface area contributed by atoms with E-state index < -0.39 is 17.3 Å². The SMILES string of the molecule is C=CCCC1CCCC1OC(=O)C[C@H](C(=O)O)C(C)(C)C. The first-order valence-electron chi connectivity index (χ1n) is 7.79. The molecular weight excluding hydrogens is 268 g/mol. The zero-order chi connectivity index (χ0) is 16.0. The van der Waals surface area contributed by atoms with Crippen molar-refractivity contribution < 1.29 is 19.4 Å². The Balaban J connectivity index is 2.55. The molecule has 1 saturated carbocycles. The monoisotopic (exact) mass is 296 g/mol. The van der Waals surface area contributed by atoms with Crippen molar-refractivity contribution in [3.05, 3.63) is 12.7 Å². The number of hydrogen-bond acceptors (Lipinski definition) is 3. The van der Waals surface area contributed by atoms with E-state index >= 15 is 0 Å². The van der Waals surface area contributed by atoms with Crippen LogP contribution in [-0.2, 0) is 14.3 Å². The first-order chi connectivity index (χ1) is 9.75. The summed E-state index contributed by atoms with van der Waals surface area (Å²) in [7, 11) is 0. The normalized spacial score (nSPS) is 23.6. The van der Waals surface area contributed by atoms with Crippen molar-refractivity contribution in [3.8, 4) is 0 Å². The molecule has 0 bridgehead atoms. The molecule has 0 radical (unpaired) electrons. The van der Waals surface area contributed by atoms with Gasteiger partial charge in [0.2, 0.25) is 0 Å². The van der Waals surface area contributed by atoms with Gasteiger partial charge in [0.1, 0.15) is 6.10 Å². The molecule has 0 spiro atoms. The summed E-state index contributed by atoms with van der Waals surface area (Å²) in [5, 5.41) is 9.27. The molecule has 1 aliphatic carbocycles. The molecular formula is C17H28O4. The Kier molecular flexibility index (Phi) is 6.43. The summed E-state index contributed by atoms with van der Waals surface area (Å²) in [4.78, 5) is 23.4. The van der Waals surface area contributed by atoms with E-state index in [2.05, 4.69) is 6.58 Å². The van der Waals surface area contributed by atoms with Gasteiger partial charge in [-0.05, 0) is 43.4 Å². The Labute approximate surface area is 127 Å². The molecule has 4 nitrogen and oxygen atoms in total.